The minimum Gasteiger partial charge on any atom is -0.399 e. The number of nitrogens with one attached hydrogen (secondary N) is 1. The third-order valence-electron chi connectivity index (χ3n) is 3.60. The molecule has 1 aliphatic heterocycles. The van der Waals surface area contributed by atoms with Gasteiger partial charge < -0.3 is 20.9 Å². The summed E-state index contributed by atoms with van der Waals surface area (Å²) in [5, 5.41) is 12.1. The van der Waals surface area contributed by atoms with Crippen molar-refractivity contribution in [1.82, 2.24) is 4.90 Å². The van der Waals surface area contributed by atoms with Crippen LogP contribution in [0.5, 0.6) is 0 Å². The van der Waals surface area contributed by atoms with Crippen LogP contribution in [0.3, 0.4) is 0 Å². The molecule has 6 heteroatoms. The van der Waals surface area contributed by atoms with Crippen LogP contribution in [-0.2, 0) is 9.53 Å². The molecule has 2 rings (SSSR count). The molecule has 1 aliphatic rings. The first-order chi connectivity index (χ1) is 10.2. The maximum atomic E-state index is 11.9. The van der Waals surface area contributed by atoms with Gasteiger partial charge in [-0.3, -0.25) is 9.69 Å². The van der Waals surface area contributed by atoms with Crippen molar-refractivity contribution >= 4 is 17.3 Å². The number of nitrogens with two attached hydrogens (primary N) is 1. The monoisotopic (exact) mass is 293 g/mol. The summed E-state index contributed by atoms with van der Waals surface area (Å²) in [5.74, 6) is -0.00595. The first-order valence-corrected chi connectivity index (χ1v) is 7.27. The number of aliphatic hydroxyl groups is 1. The molecule has 1 fully saturated rings. The lowest BCUT2D eigenvalue weighted by atomic mass is 10.2. The Morgan fingerprint density at radius 3 is 2.90 bits per heavy atom. The number of morpholine rings is 1. The lowest BCUT2D eigenvalue weighted by molar-refractivity contribution is -0.116. The molecule has 0 saturated carbocycles. The molecular weight excluding hydrogens is 270 g/mol. The third-order valence-corrected chi connectivity index (χ3v) is 3.60. The predicted molar refractivity (Wildman–Crippen MR) is 82.0 cm³/mol. The van der Waals surface area contributed by atoms with E-state index in [0.29, 0.717) is 25.3 Å². The highest BCUT2D eigenvalue weighted by molar-refractivity contribution is 5.90. The van der Waals surface area contributed by atoms with Crippen LogP contribution >= 0.6 is 0 Å². The van der Waals surface area contributed by atoms with Crippen molar-refractivity contribution in [2.24, 2.45) is 0 Å². The predicted octanol–water partition coefficient (Wildman–Crippen LogP) is 0.681. The number of carbonyl (C=O) groups is 1. The Morgan fingerprint density at radius 1 is 1.43 bits per heavy atom. The second kappa shape index (κ2) is 7.97. The van der Waals surface area contributed by atoms with Crippen molar-refractivity contribution in [2.75, 3.05) is 44.0 Å². The van der Waals surface area contributed by atoms with E-state index in [0.717, 1.165) is 25.2 Å². The molecule has 1 aromatic carbocycles. The first-order valence-electron chi connectivity index (χ1n) is 7.27. The second-order valence-electron chi connectivity index (χ2n) is 5.22. The molecule has 0 bridgehead atoms. The Kier molecular flexibility index (Phi) is 5.98. The maximum Gasteiger partial charge on any atom is 0.224 e. The van der Waals surface area contributed by atoms with E-state index in [1.807, 2.05) is 0 Å². The van der Waals surface area contributed by atoms with Gasteiger partial charge in [0.25, 0.3) is 0 Å². The van der Waals surface area contributed by atoms with Gasteiger partial charge in [-0.1, -0.05) is 0 Å². The molecule has 1 aromatic rings. The highest BCUT2D eigenvalue weighted by Crippen LogP contribution is 2.12. The normalized spacial score (nSPS) is 19.4. The molecule has 1 atom stereocenters. The fourth-order valence-electron chi connectivity index (χ4n) is 2.38. The van der Waals surface area contributed by atoms with E-state index in [4.69, 9.17) is 10.5 Å². The van der Waals surface area contributed by atoms with Crippen molar-refractivity contribution in [3.63, 3.8) is 0 Å². The van der Waals surface area contributed by atoms with Crippen LogP contribution in [0.15, 0.2) is 24.3 Å². The number of aliphatic hydroxyl groups excluding tert-OH is 1. The summed E-state index contributed by atoms with van der Waals surface area (Å²) in [7, 11) is 0. The molecule has 1 amide bonds. The summed E-state index contributed by atoms with van der Waals surface area (Å²) in [6.07, 6.45) is 1.22. The van der Waals surface area contributed by atoms with Crippen molar-refractivity contribution in [3.05, 3.63) is 24.3 Å². The van der Waals surface area contributed by atoms with Crippen LogP contribution in [0.25, 0.3) is 0 Å². The average Bonchev–Trinajstić information content (AvgIpc) is 2.50. The summed E-state index contributed by atoms with van der Waals surface area (Å²) in [6, 6.07) is 7.15. The molecule has 6 nitrogen and oxygen atoms in total. The van der Waals surface area contributed by atoms with Crippen LogP contribution in [0.2, 0.25) is 0 Å². The molecular formula is C15H23N3O3. The Labute approximate surface area is 124 Å². The smallest absolute Gasteiger partial charge is 0.224 e. The van der Waals surface area contributed by atoms with Crippen molar-refractivity contribution < 1.29 is 14.6 Å². The maximum absolute atomic E-state index is 11.9. The molecule has 1 unspecified atom stereocenters. The van der Waals surface area contributed by atoms with E-state index in [1.54, 1.807) is 24.3 Å². The quantitative estimate of drug-likeness (QED) is 0.671. The summed E-state index contributed by atoms with van der Waals surface area (Å²) in [6.45, 7) is 2.95. The number of hydrogen-bond acceptors (Lipinski definition) is 5. The van der Waals surface area contributed by atoms with Gasteiger partial charge in [0, 0.05) is 24.3 Å². The lowest BCUT2D eigenvalue weighted by Gasteiger charge is -2.34. The summed E-state index contributed by atoms with van der Waals surface area (Å²) in [5.41, 5.74) is 7.03. The fraction of sp³-hybridized carbons (Fsp3) is 0.533. The molecule has 21 heavy (non-hydrogen) atoms. The highest BCUT2D eigenvalue weighted by Gasteiger charge is 2.21. The van der Waals surface area contributed by atoms with Crippen molar-refractivity contribution in [2.45, 2.75) is 18.9 Å². The van der Waals surface area contributed by atoms with Crippen LogP contribution in [0, 0.1) is 0 Å². The molecule has 0 aromatic heterocycles. The topological polar surface area (TPSA) is 87.8 Å². The molecule has 4 N–H and O–H groups in total. The number of benzene rings is 1. The summed E-state index contributed by atoms with van der Waals surface area (Å²) >= 11 is 0. The first kappa shape index (κ1) is 15.8. The number of carbonyl (C=O) groups excluding carboxylic acids is 1. The molecule has 0 spiro atoms. The number of ether oxygens (including phenoxy) is 1. The Hall–Kier alpha value is -1.63. The van der Waals surface area contributed by atoms with Gasteiger partial charge in [-0.25, -0.2) is 0 Å². The zero-order valence-electron chi connectivity index (χ0n) is 12.1. The van der Waals surface area contributed by atoms with E-state index in [-0.39, 0.29) is 18.6 Å². The van der Waals surface area contributed by atoms with E-state index >= 15 is 0 Å². The zero-order valence-corrected chi connectivity index (χ0v) is 12.1. The van der Waals surface area contributed by atoms with Crippen LogP contribution in [0.4, 0.5) is 11.4 Å². The van der Waals surface area contributed by atoms with Gasteiger partial charge in [0.15, 0.2) is 0 Å². The largest absolute Gasteiger partial charge is 0.399 e. The highest BCUT2D eigenvalue weighted by atomic mass is 16.5. The standard InChI is InChI=1S/C15H23N3O3/c16-12-3-5-13(6-4-12)17-15(20)2-1-7-18-8-9-21-11-14(18)10-19/h3-6,14,19H,1-2,7-11,16H2,(H,17,20). The third kappa shape index (κ3) is 5.00. The van der Waals surface area contributed by atoms with Gasteiger partial charge >= 0.3 is 0 Å². The molecule has 1 saturated heterocycles. The molecule has 1 heterocycles. The zero-order chi connectivity index (χ0) is 15.1. The number of nitrogens with zero attached hydrogens (tertiary/aromatic N) is 1. The Bertz CT molecular complexity index is 450. The summed E-state index contributed by atoms with van der Waals surface area (Å²) < 4.78 is 5.33. The van der Waals surface area contributed by atoms with E-state index in [1.165, 1.54) is 0 Å². The van der Waals surface area contributed by atoms with Crippen LogP contribution in [-0.4, -0.2) is 54.9 Å². The second-order valence-corrected chi connectivity index (χ2v) is 5.22. The van der Waals surface area contributed by atoms with Crippen LogP contribution < -0.4 is 11.1 Å². The summed E-state index contributed by atoms with van der Waals surface area (Å²) in [4.78, 5) is 14.0. The number of nitrogen functional groups attached to an aromatic ring is 1. The van der Waals surface area contributed by atoms with Crippen molar-refractivity contribution in [1.29, 1.82) is 0 Å². The molecule has 116 valence electrons. The van der Waals surface area contributed by atoms with Crippen LogP contribution in [0.1, 0.15) is 12.8 Å². The van der Waals surface area contributed by atoms with Gasteiger partial charge in [-0.2, -0.15) is 0 Å². The minimum absolute atomic E-state index is 0.00595. The van der Waals surface area contributed by atoms with Gasteiger partial charge in [-0.05, 0) is 37.2 Å². The Balaban J connectivity index is 1.70. The lowest BCUT2D eigenvalue weighted by Crippen LogP contribution is -2.47. The number of anilines is 2. The van der Waals surface area contributed by atoms with E-state index in [9.17, 15) is 9.90 Å². The number of amides is 1. The van der Waals surface area contributed by atoms with Crippen molar-refractivity contribution in [3.8, 4) is 0 Å². The van der Waals surface area contributed by atoms with Gasteiger partial charge in [0.2, 0.25) is 5.91 Å². The van der Waals surface area contributed by atoms with E-state index in [2.05, 4.69) is 10.2 Å². The van der Waals surface area contributed by atoms with E-state index < -0.39 is 0 Å². The van der Waals surface area contributed by atoms with Gasteiger partial charge in [0.1, 0.15) is 0 Å². The SMILES string of the molecule is Nc1ccc(NC(=O)CCCN2CCOCC2CO)cc1. The number of hydrogen-bond donors (Lipinski definition) is 3. The van der Waals surface area contributed by atoms with Gasteiger partial charge in [-0.15, -0.1) is 0 Å². The number of rotatable bonds is 6. The fourth-order valence-corrected chi connectivity index (χ4v) is 2.38. The van der Waals surface area contributed by atoms with Gasteiger partial charge in [0.05, 0.1) is 25.9 Å². The molecule has 0 radical (unpaired) electrons. The average molecular weight is 293 g/mol. The molecule has 0 aliphatic carbocycles. The Morgan fingerprint density at radius 2 is 2.19 bits per heavy atom. The minimum atomic E-state index is -0.00595.